The van der Waals surface area contributed by atoms with Crippen LogP contribution in [-0.4, -0.2) is 41.6 Å². The van der Waals surface area contributed by atoms with Gasteiger partial charge in [-0.3, -0.25) is 14.4 Å². The Kier molecular flexibility index (Phi) is 4.97. The van der Waals surface area contributed by atoms with E-state index in [1.165, 1.54) is 13.2 Å². The van der Waals surface area contributed by atoms with Gasteiger partial charge in [-0.1, -0.05) is 57.2 Å². The molecule has 7 heteroatoms. The number of carbonyl (C=O) groups is 4. The second-order valence-electron chi connectivity index (χ2n) is 9.97. The van der Waals surface area contributed by atoms with Crippen molar-refractivity contribution in [2.24, 2.45) is 17.3 Å². The molecule has 0 bridgehead atoms. The molecule has 3 heterocycles. The largest absolute Gasteiger partial charge is 0.465 e. The molecule has 0 N–H and O–H groups in total. The summed E-state index contributed by atoms with van der Waals surface area (Å²) in [5.74, 6) is -3.21. The first kappa shape index (κ1) is 22.1. The number of anilines is 1. The van der Waals surface area contributed by atoms with Gasteiger partial charge in [0.05, 0.1) is 36.2 Å². The SMILES string of the molecule is COC(=O)c1ccccc1N1C(=O)[C@@H]2[C@H](C1=O)[C@@H]1c3ccccc3C=CN1[C@@H]2C(=O)C(C)(C)C. The van der Waals surface area contributed by atoms with E-state index in [0.717, 1.165) is 16.0 Å². The first-order valence-electron chi connectivity index (χ1n) is 11.3. The van der Waals surface area contributed by atoms with E-state index >= 15 is 0 Å². The average molecular weight is 459 g/mol. The molecule has 0 aliphatic carbocycles. The number of Topliss-reactive ketones (excluding diaryl/α,β-unsaturated/α-hetero) is 1. The van der Waals surface area contributed by atoms with Gasteiger partial charge in [-0.25, -0.2) is 9.69 Å². The Labute approximate surface area is 198 Å². The molecule has 2 fully saturated rings. The third-order valence-electron chi connectivity index (χ3n) is 7.02. The number of nitrogens with zero attached hydrogens (tertiary/aromatic N) is 2. The molecule has 7 nitrogen and oxygen atoms in total. The molecule has 0 unspecified atom stereocenters. The highest BCUT2D eigenvalue weighted by atomic mass is 16.5. The van der Waals surface area contributed by atoms with E-state index in [1.807, 2.05) is 62.2 Å². The molecule has 0 radical (unpaired) electrons. The quantitative estimate of drug-likeness (QED) is 0.516. The molecule has 2 amide bonds. The van der Waals surface area contributed by atoms with Gasteiger partial charge in [0.15, 0.2) is 5.78 Å². The summed E-state index contributed by atoms with van der Waals surface area (Å²) in [4.78, 5) is 56.9. The van der Waals surface area contributed by atoms with Gasteiger partial charge in [0, 0.05) is 11.6 Å². The van der Waals surface area contributed by atoms with Crippen molar-refractivity contribution in [3.05, 3.63) is 71.4 Å². The van der Waals surface area contributed by atoms with Crippen LogP contribution in [0.4, 0.5) is 5.69 Å². The summed E-state index contributed by atoms with van der Waals surface area (Å²) in [6.07, 6.45) is 3.77. The minimum atomic E-state index is -0.856. The van der Waals surface area contributed by atoms with E-state index < -0.39 is 47.1 Å². The van der Waals surface area contributed by atoms with Crippen molar-refractivity contribution in [2.75, 3.05) is 12.0 Å². The first-order valence-corrected chi connectivity index (χ1v) is 11.3. The Morgan fingerprint density at radius 3 is 2.26 bits per heavy atom. The molecule has 2 aromatic carbocycles. The van der Waals surface area contributed by atoms with E-state index in [2.05, 4.69) is 0 Å². The van der Waals surface area contributed by atoms with Crippen molar-refractivity contribution < 1.29 is 23.9 Å². The second kappa shape index (κ2) is 7.65. The number of hydrogen-bond acceptors (Lipinski definition) is 6. The standard InChI is InChI=1S/C27H26N2O5/c1-27(2,3)23(30)22-20-19(21-16-10-6-5-9-15(16)13-14-28(21)22)24(31)29(25(20)32)18-12-8-7-11-17(18)26(33)34-4/h5-14,19-22H,1-4H3/t19-,20+,21-,22-/m0/s1. The van der Waals surface area contributed by atoms with Crippen LogP contribution in [0.2, 0.25) is 0 Å². The highest BCUT2D eigenvalue weighted by molar-refractivity contribution is 6.25. The number of fused-ring (bicyclic) bond motifs is 5. The number of imide groups is 1. The van der Waals surface area contributed by atoms with Crippen LogP contribution in [0.5, 0.6) is 0 Å². The van der Waals surface area contributed by atoms with Crippen LogP contribution in [0.15, 0.2) is 54.7 Å². The first-order chi connectivity index (χ1) is 16.2. The fourth-order valence-corrected chi connectivity index (χ4v) is 5.49. The molecule has 0 aromatic heterocycles. The number of ketones is 1. The van der Waals surface area contributed by atoms with E-state index in [9.17, 15) is 19.2 Å². The summed E-state index contributed by atoms with van der Waals surface area (Å²) in [5, 5.41) is 0. The summed E-state index contributed by atoms with van der Waals surface area (Å²) >= 11 is 0. The van der Waals surface area contributed by atoms with Gasteiger partial charge in [0.2, 0.25) is 11.8 Å². The maximum absolute atomic E-state index is 13.9. The molecule has 2 saturated heterocycles. The maximum atomic E-state index is 13.9. The average Bonchev–Trinajstić information content (AvgIpc) is 3.30. The Bertz CT molecular complexity index is 1260. The van der Waals surface area contributed by atoms with Crippen LogP contribution in [0, 0.1) is 17.3 Å². The lowest BCUT2D eigenvalue weighted by atomic mass is 9.79. The number of amides is 2. The molecule has 0 saturated carbocycles. The van der Waals surface area contributed by atoms with Crippen molar-refractivity contribution in [3.63, 3.8) is 0 Å². The highest BCUT2D eigenvalue weighted by Gasteiger charge is 2.65. The summed E-state index contributed by atoms with van der Waals surface area (Å²) in [6, 6.07) is 12.9. The van der Waals surface area contributed by atoms with Gasteiger partial charge in [-0.15, -0.1) is 0 Å². The van der Waals surface area contributed by atoms with Crippen LogP contribution < -0.4 is 4.90 Å². The predicted molar refractivity (Wildman–Crippen MR) is 126 cm³/mol. The number of benzene rings is 2. The van der Waals surface area contributed by atoms with Gasteiger partial charge in [-0.05, 0) is 29.3 Å². The third-order valence-corrected chi connectivity index (χ3v) is 7.02. The van der Waals surface area contributed by atoms with E-state index in [-0.39, 0.29) is 17.0 Å². The zero-order valence-corrected chi connectivity index (χ0v) is 19.5. The minimum absolute atomic E-state index is 0.0988. The Morgan fingerprint density at radius 1 is 0.912 bits per heavy atom. The normalized spacial score (nSPS) is 25.2. The summed E-state index contributed by atoms with van der Waals surface area (Å²) in [5.41, 5.74) is 1.47. The molecule has 174 valence electrons. The number of methoxy groups -OCH3 is 1. The Hall–Kier alpha value is -3.74. The molecule has 0 spiro atoms. The molecule has 3 aliphatic rings. The number of rotatable bonds is 3. The lowest BCUT2D eigenvalue weighted by Crippen LogP contribution is -2.48. The molecular formula is C27H26N2O5. The van der Waals surface area contributed by atoms with Gasteiger partial charge in [0.1, 0.15) is 6.04 Å². The zero-order valence-electron chi connectivity index (χ0n) is 19.5. The minimum Gasteiger partial charge on any atom is -0.465 e. The molecule has 4 atom stereocenters. The topological polar surface area (TPSA) is 84.0 Å². The molecular weight excluding hydrogens is 432 g/mol. The van der Waals surface area contributed by atoms with Crippen LogP contribution in [0.1, 0.15) is 48.3 Å². The molecule has 3 aliphatic heterocycles. The van der Waals surface area contributed by atoms with E-state index in [1.54, 1.807) is 18.2 Å². The van der Waals surface area contributed by atoms with Gasteiger partial charge < -0.3 is 9.64 Å². The van der Waals surface area contributed by atoms with Gasteiger partial charge in [-0.2, -0.15) is 0 Å². The predicted octanol–water partition coefficient (Wildman–Crippen LogP) is 3.60. The van der Waals surface area contributed by atoms with Crippen molar-refractivity contribution in [1.29, 1.82) is 0 Å². The zero-order chi connectivity index (χ0) is 24.4. The number of esters is 1. The Morgan fingerprint density at radius 2 is 1.56 bits per heavy atom. The highest BCUT2D eigenvalue weighted by Crippen LogP contribution is 2.54. The van der Waals surface area contributed by atoms with E-state index in [0.29, 0.717) is 0 Å². The monoisotopic (exact) mass is 458 g/mol. The molecule has 5 rings (SSSR count). The molecule has 2 aromatic rings. The fraction of sp³-hybridized carbons (Fsp3) is 0.333. The van der Waals surface area contributed by atoms with Crippen LogP contribution in [0.25, 0.3) is 6.08 Å². The number of carbonyl (C=O) groups excluding carboxylic acids is 4. The summed E-state index contributed by atoms with van der Waals surface area (Å²) < 4.78 is 4.88. The van der Waals surface area contributed by atoms with Crippen molar-refractivity contribution in [2.45, 2.75) is 32.9 Å². The number of hydrogen-bond donors (Lipinski definition) is 0. The van der Waals surface area contributed by atoms with E-state index in [4.69, 9.17) is 4.74 Å². The van der Waals surface area contributed by atoms with Crippen LogP contribution in [0.3, 0.4) is 0 Å². The van der Waals surface area contributed by atoms with Crippen molar-refractivity contribution in [1.82, 2.24) is 4.90 Å². The third kappa shape index (κ3) is 3.03. The fourth-order valence-electron chi connectivity index (χ4n) is 5.49. The molecule has 34 heavy (non-hydrogen) atoms. The van der Waals surface area contributed by atoms with Crippen molar-refractivity contribution >= 4 is 35.3 Å². The number of para-hydroxylation sites is 1. The second-order valence-corrected chi connectivity index (χ2v) is 9.97. The smallest absolute Gasteiger partial charge is 0.339 e. The van der Waals surface area contributed by atoms with Crippen LogP contribution in [-0.2, 0) is 19.1 Å². The lowest BCUT2D eigenvalue weighted by molar-refractivity contribution is -0.135. The van der Waals surface area contributed by atoms with Gasteiger partial charge in [0.25, 0.3) is 0 Å². The van der Waals surface area contributed by atoms with Gasteiger partial charge >= 0.3 is 5.97 Å². The Balaban J connectivity index is 1.68. The van der Waals surface area contributed by atoms with Crippen LogP contribution >= 0.6 is 0 Å². The number of ether oxygens (including phenoxy) is 1. The van der Waals surface area contributed by atoms with Crippen molar-refractivity contribution in [3.8, 4) is 0 Å². The lowest BCUT2D eigenvalue weighted by Gasteiger charge is -2.37. The summed E-state index contributed by atoms with van der Waals surface area (Å²) in [7, 11) is 1.25. The summed E-state index contributed by atoms with van der Waals surface area (Å²) in [6.45, 7) is 5.47. The maximum Gasteiger partial charge on any atom is 0.339 e.